The molecule has 3 aromatic carbocycles. The first kappa shape index (κ1) is 38.0. The van der Waals surface area contributed by atoms with E-state index in [-0.39, 0.29) is 6.61 Å². The zero-order valence-electron chi connectivity index (χ0n) is 29.3. The summed E-state index contributed by atoms with van der Waals surface area (Å²) in [5.41, 5.74) is 1.21. The van der Waals surface area contributed by atoms with Crippen LogP contribution in [0.1, 0.15) is 121 Å². The quantitative estimate of drug-likeness (QED) is 0.0690. The molecule has 1 amide bonds. The molecule has 5 nitrogen and oxygen atoms in total. The van der Waals surface area contributed by atoms with E-state index in [4.69, 9.17) is 9.47 Å². The van der Waals surface area contributed by atoms with Crippen LogP contribution >= 0.6 is 0 Å². The normalized spacial score (nSPS) is 13.4. The number of alkyl carbamates (subject to hydrolysis) is 1. The molecule has 0 saturated carbocycles. The Labute approximate surface area is 284 Å². The largest absolute Gasteiger partial charge is 0.444 e. The van der Waals surface area contributed by atoms with Crippen molar-refractivity contribution in [1.82, 2.24) is 5.32 Å². The lowest BCUT2D eigenvalue weighted by atomic mass is 9.80. The van der Waals surface area contributed by atoms with Crippen LogP contribution in [0.2, 0.25) is 0 Å². The molecule has 0 spiro atoms. The lowest BCUT2D eigenvalue weighted by molar-refractivity contribution is -0.0203. The molecule has 0 unspecified atom stereocenters. The van der Waals surface area contributed by atoms with Crippen LogP contribution in [0, 0.1) is 0 Å². The summed E-state index contributed by atoms with van der Waals surface area (Å²) in [5, 5.41) is 14.3. The third kappa shape index (κ3) is 13.3. The van der Waals surface area contributed by atoms with Gasteiger partial charge in [0.15, 0.2) is 0 Å². The van der Waals surface area contributed by atoms with Gasteiger partial charge in [-0.2, -0.15) is 0 Å². The average molecular weight is 642 g/mol. The minimum absolute atomic E-state index is 0.0435. The maximum atomic E-state index is 13.0. The number of allylic oxidation sites excluding steroid dienone is 1. The summed E-state index contributed by atoms with van der Waals surface area (Å²) in [5.74, 6) is 0. The number of nitrogens with one attached hydrogen (secondary N) is 1. The van der Waals surface area contributed by atoms with E-state index in [2.05, 4.69) is 48.6 Å². The summed E-state index contributed by atoms with van der Waals surface area (Å²) in [6.07, 6.45) is 17.4. The fraction of sp³-hybridized carbons (Fsp3) is 0.500. The average Bonchev–Trinajstić information content (AvgIpc) is 3.07. The molecule has 2 N–H and O–H groups in total. The highest BCUT2D eigenvalue weighted by atomic mass is 16.6. The first-order valence-corrected chi connectivity index (χ1v) is 17.9. The highest BCUT2D eigenvalue weighted by molar-refractivity contribution is 5.68. The summed E-state index contributed by atoms with van der Waals surface area (Å²) in [6, 6.07) is 29.6. The van der Waals surface area contributed by atoms with Gasteiger partial charge in [-0.15, -0.1) is 0 Å². The topological polar surface area (TPSA) is 67.8 Å². The van der Waals surface area contributed by atoms with Gasteiger partial charge in [-0.1, -0.05) is 174 Å². The van der Waals surface area contributed by atoms with Gasteiger partial charge in [-0.05, 0) is 50.3 Å². The summed E-state index contributed by atoms with van der Waals surface area (Å²) >= 11 is 0. The summed E-state index contributed by atoms with van der Waals surface area (Å²) < 4.78 is 12.5. The van der Waals surface area contributed by atoms with Crippen molar-refractivity contribution in [2.75, 3.05) is 6.61 Å². The predicted octanol–water partition coefficient (Wildman–Crippen LogP) is 10.5. The van der Waals surface area contributed by atoms with Crippen molar-refractivity contribution in [2.24, 2.45) is 0 Å². The second-order valence-corrected chi connectivity index (χ2v) is 13.6. The van der Waals surface area contributed by atoms with Crippen LogP contribution in [0.3, 0.4) is 0 Å². The highest BCUT2D eigenvalue weighted by Gasteiger charge is 2.39. The highest BCUT2D eigenvalue weighted by Crippen LogP contribution is 2.40. The fourth-order valence-corrected chi connectivity index (χ4v) is 5.96. The van der Waals surface area contributed by atoms with Crippen LogP contribution in [0.5, 0.6) is 0 Å². The van der Waals surface area contributed by atoms with Crippen LogP contribution in [0.15, 0.2) is 103 Å². The Hall–Kier alpha value is -3.41. The van der Waals surface area contributed by atoms with Crippen LogP contribution in [0.4, 0.5) is 4.79 Å². The zero-order valence-corrected chi connectivity index (χ0v) is 29.3. The molecule has 0 aromatic heterocycles. The van der Waals surface area contributed by atoms with Gasteiger partial charge >= 0.3 is 6.09 Å². The maximum Gasteiger partial charge on any atom is 0.408 e. The zero-order chi connectivity index (χ0) is 33.8. The molecule has 0 fully saturated rings. The van der Waals surface area contributed by atoms with Crippen LogP contribution < -0.4 is 5.32 Å². The van der Waals surface area contributed by atoms with E-state index < -0.39 is 29.4 Å². The molecule has 0 aliphatic heterocycles. The number of hydrogen-bond donors (Lipinski definition) is 2. The fourth-order valence-electron chi connectivity index (χ4n) is 5.96. The van der Waals surface area contributed by atoms with E-state index in [1.165, 1.54) is 64.2 Å². The molecular formula is C42H59NO4. The number of rotatable bonds is 21. The Morgan fingerprint density at radius 2 is 1.13 bits per heavy atom. The second kappa shape index (κ2) is 20.7. The van der Waals surface area contributed by atoms with Gasteiger partial charge in [0.1, 0.15) is 11.2 Å². The first-order chi connectivity index (χ1) is 22.8. The third-order valence-electron chi connectivity index (χ3n) is 8.44. The van der Waals surface area contributed by atoms with Crippen molar-refractivity contribution in [3.63, 3.8) is 0 Å². The van der Waals surface area contributed by atoms with E-state index in [9.17, 15) is 9.90 Å². The number of unbranched alkanes of at least 4 members (excludes halogenated alkanes) is 11. The van der Waals surface area contributed by atoms with Crippen molar-refractivity contribution < 1.29 is 19.4 Å². The number of hydrogen-bond acceptors (Lipinski definition) is 4. The summed E-state index contributed by atoms with van der Waals surface area (Å²) in [6.45, 7) is 7.79. The number of benzene rings is 3. The minimum atomic E-state index is -0.976. The monoisotopic (exact) mass is 641 g/mol. The Balaban J connectivity index is 1.71. The summed E-state index contributed by atoms with van der Waals surface area (Å²) in [4.78, 5) is 13.0. The van der Waals surface area contributed by atoms with Crippen molar-refractivity contribution in [1.29, 1.82) is 0 Å². The lowest BCUT2D eigenvalue weighted by Gasteiger charge is -2.37. The molecule has 0 aliphatic rings. The number of carbonyl (C=O) groups is 1. The van der Waals surface area contributed by atoms with Crippen molar-refractivity contribution in [3.8, 4) is 0 Å². The van der Waals surface area contributed by atoms with Crippen molar-refractivity contribution >= 4 is 6.09 Å². The SMILES string of the molecule is CCCCCCCCCCCCCC=C[C@@H](O)[C@H](COC(c1ccccc1)(c1ccccc1)c1ccccc1)NC(=O)OC(C)(C)C. The third-order valence-corrected chi connectivity index (χ3v) is 8.44. The van der Waals surface area contributed by atoms with Gasteiger partial charge in [0.05, 0.1) is 18.8 Å². The minimum Gasteiger partial charge on any atom is -0.444 e. The second-order valence-electron chi connectivity index (χ2n) is 13.6. The van der Waals surface area contributed by atoms with Crippen LogP contribution in [-0.2, 0) is 15.1 Å². The molecule has 2 atom stereocenters. The van der Waals surface area contributed by atoms with E-state index in [1.54, 1.807) is 6.08 Å². The van der Waals surface area contributed by atoms with Gasteiger partial charge in [0, 0.05) is 0 Å². The van der Waals surface area contributed by atoms with E-state index in [0.29, 0.717) is 0 Å². The molecule has 0 aliphatic carbocycles. The number of ether oxygens (including phenoxy) is 2. The first-order valence-electron chi connectivity index (χ1n) is 17.9. The maximum absolute atomic E-state index is 13.0. The molecule has 256 valence electrons. The van der Waals surface area contributed by atoms with E-state index >= 15 is 0 Å². The van der Waals surface area contributed by atoms with Crippen molar-refractivity contribution in [2.45, 2.75) is 128 Å². The molecule has 0 bridgehead atoms. The van der Waals surface area contributed by atoms with Gasteiger partial charge in [0.25, 0.3) is 0 Å². The van der Waals surface area contributed by atoms with Crippen LogP contribution in [-0.4, -0.2) is 35.6 Å². The Bertz CT molecular complexity index is 1170. The standard InChI is InChI=1S/C42H59NO4/c1-5-6-7-8-9-10-11-12-13-14-15-16-26-33-39(44)38(43-40(45)47-41(2,3)4)34-46-42(35-27-20-17-21-28-35,36-29-22-18-23-30-36)37-31-24-19-25-32-37/h17-33,38-39,44H,5-16,34H2,1-4H3,(H,43,45)/t38-,39+/m0/s1. The lowest BCUT2D eigenvalue weighted by Crippen LogP contribution is -2.49. The number of aliphatic hydroxyl groups excluding tert-OH is 1. The number of amides is 1. The predicted molar refractivity (Wildman–Crippen MR) is 195 cm³/mol. The molecule has 47 heavy (non-hydrogen) atoms. The molecule has 3 aromatic rings. The van der Waals surface area contributed by atoms with Gasteiger partial charge in [-0.3, -0.25) is 0 Å². The molecule has 3 rings (SSSR count). The van der Waals surface area contributed by atoms with E-state index in [0.717, 1.165) is 29.5 Å². The molecule has 5 heteroatoms. The Morgan fingerprint density at radius 3 is 1.55 bits per heavy atom. The molecule has 0 saturated heterocycles. The van der Waals surface area contributed by atoms with Gasteiger partial charge in [0.2, 0.25) is 0 Å². The van der Waals surface area contributed by atoms with Gasteiger partial charge < -0.3 is 19.9 Å². The number of carbonyl (C=O) groups excluding carboxylic acids is 1. The number of aliphatic hydroxyl groups is 1. The molecular weight excluding hydrogens is 582 g/mol. The van der Waals surface area contributed by atoms with Gasteiger partial charge in [-0.25, -0.2) is 4.79 Å². The smallest absolute Gasteiger partial charge is 0.408 e. The van der Waals surface area contributed by atoms with Crippen molar-refractivity contribution in [3.05, 3.63) is 120 Å². The Kier molecular flexibility index (Phi) is 16.8. The molecule has 0 radical (unpaired) electrons. The molecule has 0 heterocycles. The Morgan fingerprint density at radius 1 is 0.702 bits per heavy atom. The van der Waals surface area contributed by atoms with E-state index in [1.807, 2.05) is 81.4 Å². The van der Waals surface area contributed by atoms with Crippen LogP contribution in [0.25, 0.3) is 0 Å². The summed E-state index contributed by atoms with van der Waals surface area (Å²) in [7, 11) is 0.